The molecule has 0 radical (unpaired) electrons. The quantitative estimate of drug-likeness (QED) is 0.830. The molecule has 1 N–H and O–H groups in total. The molecule has 27 heavy (non-hydrogen) atoms. The Labute approximate surface area is 159 Å². The number of hydrogen-bond donors (Lipinski definition) is 1. The highest BCUT2D eigenvalue weighted by Crippen LogP contribution is 2.33. The van der Waals surface area contributed by atoms with Crippen molar-refractivity contribution in [1.29, 1.82) is 5.26 Å². The molecule has 1 atom stereocenters. The summed E-state index contributed by atoms with van der Waals surface area (Å²) in [6.45, 7) is 5.27. The molecular formula is C20H24FN5O. The first-order chi connectivity index (χ1) is 13.1. The number of hydrogen-bond acceptors (Lipinski definition) is 6. The molecule has 1 aromatic heterocycles. The van der Waals surface area contributed by atoms with Crippen molar-refractivity contribution in [3.63, 3.8) is 0 Å². The number of nitrogens with zero attached hydrogens (tertiary/aromatic N) is 4. The molecule has 0 aliphatic carbocycles. The van der Waals surface area contributed by atoms with Crippen LogP contribution in [0.25, 0.3) is 11.3 Å². The molecule has 1 aliphatic heterocycles. The Hall–Kier alpha value is -2.88. The van der Waals surface area contributed by atoms with E-state index in [2.05, 4.69) is 27.1 Å². The normalized spacial score (nSPS) is 16.3. The number of nitriles is 1. The van der Waals surface area contributed by atoms with Crippen LogP contribution in [0.2, 0.25) is 0 Å². The van der Waals surface area contributed by atoms with E-state index in [1.807, 2.05) is 12.1 Å². The Morgan fingerprint density at radius 1 is 1.33 bits per heavy atom. The maximum atomic E-state index is 14.4. The Morgan fingerprint density at radius 3 is 2.81 bits per heavy atom. The van der Waals surface area contributed by atoms with Gasteiger partial charge in [0, 0.05) is 31.3 Å². The molecule has 2 heterocycles. The average Bonchev–Trinajstić information content (AvgIpc) is 3.16. The second kappa shape index (κ2) is 8.21. The van der Waals surface area contributed by atoms with Crippen LogP contribution in [0.1, 0.15) is 38.7 Å². The first-order valence-electron chi connectivity index (χ1n) is 9.31. The van der Waals surface area contributed by atoms with Crippen LogP contribution in [-0.4, -0.2) is 36.2 Å². The lowest BCUT2D eigenvalue weighted by atomic mass is 10.1. The lowest BCUT2D eigenvalue weighted by Crippen LogP contribution is -2.29. The van der Waals surface area contributed by atoms with Crippen LogP contribution in [0, 0.1) is 17.1 Å². The Kier molecular flexibility index (Phi) is 5.75. The van der Waals surface area contributed by atoms with E-state index < -0.39 is 5.82 Å². The Balaban J connectivity index is 2.09. The summed E-state index contributed by atoms with van der Waals surface area (Å²) < 4.78 is 19.9. The molecule has 6 nitrogen and oxygen atoms in total. The topological polar surface area (TPSA) is 74.1 Å². The molecule has 7 heteroatoms. The summed E-state index contributed by atoms with van der Waals surface area (Å²) in [6.07, 6.45) is 3.33. The molecule has 0 unspecified atom stereocenters. The van der Waals surface area contributed by atoms with Crippen molar-refractivity contribution >= 4 is 11.8 Å². The Bertz CT molecular complexity index is 864. The van der Waals surface area contributed by atoms with Gasteiger partial charge in [0.15, 0.2) is 0 Å². The minimum atomic E-state index is -0.614. The summed E-state index contributed by atoms with van der Waals surface area (Å²) >= 11 is 0. The van der Waals surface area contributed by atoms with Crippen molar-refractivity contribution < 1.29 is 9.13 Å². The molecule has 1 fully saturated rings. The third-order valence-electron chi connectivity index (χ3n) is 4.84. The van der Waals surface area contributed by atoms with Gasteiger partial charge in [-0.05, 0) is 38.3 Å². The summed E-state index contributed by atoms with van der Waals surface area (Å²) in [5, 5.41) is 12.2. The minimum Gasteiger partial charge on any atom is -0.492 e. The van der Waals surface area contributed by atoms with E-state index in [-0.39, 0.29) is 11.3 Å². The van der Waals surface area contributed by atoms with E-state index in [9.17, 15) is 9.65 Å². The van der Waals surface area contributed by atoms with Gasteiger partial charge in [-0.3, -0.25) is 0 Å². The van der Waals surface area contributed by atoms with Crippen LogP contribution in [-0.2, 0) is 0 Å². The Morgan fingerprint density at radius 2 is 2.15 bits per heavy atom. The lowest BCUT2D eigenvalue weighted by Gasteiger charge is -2.25. The van der Waals surface area contributed by atoms with Gasteiger partial charge in [0.1, 0.15) is 29.0 Å². The zero-order chi connectivity index (χ0) is 19.4. The summed E-state index contributed by atoms with van der Waals surface area (Å²) in [4.78, 5) is 11.4. The van der Waals surface area contributed by atoms with Crippen molar-refractivity contribution in [2.75, 3.05) is 30.4 Å². The van der Waals surface area contributed by atoms with Gasteiger partial charge in [-0.2, -0.15) is 10.2 Å². The van der Waals surface area contributed by atoms with Crippen LogP contribution >= 0.6 is 0 Å². The van der Waals surface area contributed by atoms with Crippen molar-refractivity contribution in [3.8, 4) is 23.1 Å². The van der Waals surface area contributed by atoms with Crippen LogP contribution in [0.15, 0.2) is 18.2 Å². The fourth-order valence-electron chi connectivity index (χ4n) is 3.51. The molecule has 1 aromatic carbocycles. The van der Waals surface area contributed by atoms with Crippen molar-refractivity contribution in [1.82, 2.24) is 9.97 Å². The largest absolute Gasteiger partial charge is 0.492 e. The third-order valence-corrected chi connectivity index (χ3v) is 4.84. The number of rotatable bonds is 6. The molecule has 2 aromatic rings. The van der Waals surface area contributed by atoms with Gasteiger partial charge in [0.2, 0.25) is 5.95 Å². The van der Waals surface area contributed by atoms with E-state index in [0.29, 0.717) is 29.9 Å². The fraction of sp³-hybridized carbons (Fsp3) is 0.450. The highest BCUT2D eigenvalue weighted by molar-refractivity contribution is 5.68. The number of anilines is 2. The summed E-state index contributed by atoms with van der Waals surface area (Å²) in [7, 11) is 1.76. The zero-order valence-corrected chi connectivity index (χ0v) is 15.9. The predicted molar refractivity (Wildman–Crippen MR) is 104 cm³/mol. The second-order valence-corrected chi connectivity index (χ2v) is 6.46. The maximum absolute atomic E-state index is 14.4. The van der Waals surface area contributed by atoms with Crippen LogP contribution in [0.4, 0.5) is 16.2 Å². The second-order valence-electron chi connectivity index (χ2n) is 6.46. The summed E-state index contributed by atoms with van der Waals surface area (Å²) in [5.41, 5.74) is 1.06. The molecule has 142 valence electrons. The number of nitrogens with one attached hydrogen (secondary N) is 1. The molecular weight excluding hydrogens is 345 g/mol. The first kappa shape index (κ1) is 18.9. The first-order valence-corrected chi connectivity index (χ1v) is 9.31. The van der Waals surface area contributed by atoms with Gasteiger partial charge in [-0.25, -0.2) is 9.37 Å². The van der Waals surface area contributed by atoms with Crippen LogP contribution in [0.3, 0.4) is 0 Å². The van der Waals surface area contributed by atoms with E-state index in [0.717, 1.165) is 31.6 Å². The highest BCUT2D eigenvalue weighted by Gasteiger charge is 2.25. The van der Waals surface area contributed by atoms with Gasteiger partial charge >= 0.3 is 0 Å². The molecule has 0 amide bonds. The summed E-state index contributed by atoms with van der Waals surface area (Å²) in [6, 6.07) is 7.19. The van der Waals surface area contributed by atoms with Crippen molar-refractivity contribution in [3.05, 3.63) is 29.6 Å². The number of ether oxygens (including phenoxy) is 1. The standard InChI is InChI=1S/C20H24FN5O/c1-4-14-7-6-8-26(14)19-11-17(24-20(23-3)25-19)13-9-16(21)15(12-22)18(10-13)27-5-2/h9-11,14H,4-8H2,1-3H3,(H,23,24,25)/t14-/m1/s1. The predicted octanol–water partition coefficient (Wildman–Crippen LogP) is 3.97. The van der Waals surface area contributed by atoms with E-state index in [1.165, 1.54) is 6.07 Å². The molecule has 0 saturated carbocycles. The number of aromatic nitrogens is 2. The molecule has 1 saturated heterocycles. The monoisotopic (exact) mass is 369 g/mol. The molecule has 3 rings (SSSR count). The minimum absolute atomic E-state index is 0.0886. The maximum Gasteiger partial charge on any atom is 0.224 e. The number of benzene rings is 1. The SMILES string of the molecule is CCOc1cc(-c2cc(N3CCC[C@H]3CC)nc(NC)n2)cc(F)c1C#N. The molecule has 0 bridgehead atoms. The van der Waals surface area contributed by atoms with E-state index >= 15 is 0 Å². The highest BCUT2D eigenvalue weighted by atomic mass is 19.1. The van der Waals surface area contributed by atoms with Gasteiger partial charge in [0.05, 0.1) is 12.3 Å². The smallest absolute Gasteiger partial charge is 0.224 e. The van der Waals surface area contributed by atoms with Crippen molar-refractivity contribution in [2.24, 2.45) is 0 Å². The van der Waals surface area contributed by atoms with E-state index in [4.69, 9.17) is 4.74 Å². The fourth-order valence-corrected chi connectivity index (χ4v) is 3.51. The van der Waals surface area contributed by atoms with Crippen LogP contribution < -0.4 is 15.0 Å². The molecule has 0 spiro atoms. The van der Waals surface area contributed by atoms with Gasteiger partial charge in [-0.1, -0.05) is 6.92 Å². The summed E-state index contributed by atoms with van der Waals surface area (Å²) in [5.74, 6) is 0.925. The molecule has 1 aliphatic rings. The zero-order valence-electron chi connectivity index (χ0n) is 15.9. The van der Waals surface area contributed by atoms with Gasteiger partial charge in [0.25, 0.3) is 0 Å². The average molecular weight is 369 g/mol. The van der Waals surface area contributed by atoms with Crippen LogP contribution in [0.5, 0.6) is 5.75 Å². The van der Waals surface area contributed by atoms with Gasteiger partial charge in [-0.15, -0.1) is 0 Å². The van der Waals surface area contributed by atoms with E-state index in [1.54, 1.807) is 20.0 Å². The third kappa shape index (κ3) is 3.80. The van der Waals surface area contributed by atoms with Crippen molar-refractivity contribution in [2.45, 2.75) is 39.2 Å². The lowest BCUT2D eigenvalue weighted by molar-refractivity contribution is 0.337. The number of halogens is 1. The van der Waals surface area contributed by atoms with Gasteiger partial charge < -0.3 is 15.0 Å².